The number of ketones is 1. The summed E-state index contributed by atoms with van der Waals surface area (Å²) in [4.78, 5) is 20.4. The van der Waals surface area contributed by atoms with Gasteiger partial charge in [0.2, 0.25) is 5.95 Å². The van der Waals surface area contributed by atoms with Crippen LogP contribution in [0.1, 0.15) is 28.5 Å². The van der Waals surface area contributed by atoms with Crippen molar-refractivity contribution >= 4 is 40.5 Å². The van der Waals surface area contributed by atoms with E-state index in [1.165, 1.54) is 0 Å². The summed E-state index contributed by atoms with van der Waals surface area (Å²) in [5, 5.41) is 7.05. The van der Waals surface area contributed by atoms with Crippen LogP contribution in [-0.2, 0) is 0 Å². The Bertz CT molecular complexity index is 1020. The van der Waals surface area contributed by atoms with Crippen LogP contribution in [0.2, 0.25) is 5.02 Å². The lowest BCUT2D eigenvalue weighted by Gasteiger charge is -2.14. The molecule has 0 aliphatic rings. The number of anilines is 4. The third-order valence-corrected chi connectivity index (χ3v) is 4.55. The minimum atomic E-state index is 0.0307. The van der Waals surface area contributed by atoms with Crippen molar-refractivity contribution in [3.05, 3.63) is 64.3 Å². The van der Waals surface area contributed by atoms with Gasteiger partial charge in [-0.1, -0.05) is 11.6 Å². The zero-order chi connectivity index (χ0) is 20.3. The van der Waals surface area contributed by atoms with Gasteiger partial charge in [0.1, 0.15) is 11.6 Å². The van der Waals surface area contributed by atoms with E-state index in [9.17, 15) is 4.79 Å². The molecule has 0 atom stereocenters. The van der Waals surface area contributed by atoms with Crippen LogP contribution in [0.25, 0.3) is 0 Å². The summed E-state index contributed by atoms with van der Waals surface area (Å²) in [7, 11) is 1.58. The number of carbonyl (C=O) groups excluding carboxylic acids is 1. The number of benzene rings is 2. The lowest BCUT2D eigenvalue weighted by molar-refractivity contribution is 0.101. The SMILES string of the molecule is COc1cc(Cl)c(C)cc1Nc1nc(C)cc(Nc2ccc(C(C)=O)cc2)n1. The molecular weight excluding hydrogens is 376 g/mol. The number of aromatic nitrogens is 2. The van der Waals surface area contributed by atoms with Crippen molar-refractivity contribution in [2.75, 3.05) is 17.7 Å². The Kier molecular flexibility index (Phi) is 5.80. The first-order valence-corrected chi connectivity index (χ1v) is 9.08. The van der Waals surface area contributed by atoms with Crippen molar-refractivity contribution in [2.24, 2.45) is 0 Å². The van der Waals surface area contributed by atoms with E-state index in [2.05, 4.69) is 20.6 Å². The minimum absolute atomic E-state index is 0.0307. The van der Waals surface area contributed by atoms with Gasteiger partial charge in [0, 0.05) is 34.1 Å². The number of aryl methyl sites for hydroxylation is 2. The largest absolute Gasteiger partial charge is 0.495 e. The van der Waals surface area contributed by atoms with E-state index in [4.69, 9.17) is 16.3 Å². The van der Waals surface area contributed by atoms with Gasteiger partial charge in [0.15, 0.2) is 5.78 Å². The highest BCUT2D eigenvalue weighted by molar-refractivity contribution is 6.31. The highest BCUT2D eigenvalue weighted by Gasteiger charge is 2.10. The monoisotopic (exact) mass is 396 g/mol. The Morgan fingerprint density at radius 2 is 1.75 bits per heavy atom. The van der Waals surface area contributed by atoms with Crippen LogP contribution in [0.15, 0.2) is 42.5 Å². The van der Waals surface area contributed by atoms with Gasteiger partial charge >= 0.3 is 0 Å². The topological polar surface area (TPSA) is 76.1 Å². The van der Waals surface area contributed by atoms with E-state index in [1.54, 1.807) is 32.2 Å². The third-order valence-electron chi connectivity index (χ3n) is 4.15. The molecule has 2 aromatic carbocycles. The summed E-state index contributed by atoms with van der Waals surface area (Å²) in [6, 6.07) is 12.7. The van der Waals surface area contributed by atoms with Gasteiger partial charge in [-0.05, 0) is 56.7 Å². The van der Waals surface area contributed by atoms with Crippen LogP contribution >= 0.6 is 11.6 Å². The van der Waals surface area contributed by atoms with Gasteiger partial charge in [-0.2, -0.15) is 4.98 Å². The predicted octanol–water partition coefficient (Wildman–Crippen LogP) is 5.45. The lowest BCUT2D eigenvalue weighted by Crippen LogP contribution is -2.04. The maximum Gasteiger partial charge on any atom is 0.229 e. The first kappa shape index (κ1) is 19.6. The number of nitrogens with zero attached hydrogens (tertiary/aromatic N) is 2. The van der Waals surface area contributed by atoms with Crippen molar-refractivity contribution in [2.45, 2.75) is 20.8 Å². The van der Waals surface area contributed by atoms with Gasteiger partial charge in [0.05, 0.1) is 12.8 Å². The number of carbonyl (C=O) groups is 1. The average molecular weight is 397 g/mol. The summed E-state index contributed by atoms with van der Waals surface area (Å²) < 4.78 is 5.39. The van der Waals surface area contributed by atoms with Gasteiger partial charge in [0.25, 0.3) is 0 Å². The summed E-state index contributed by atoms with van der Waals surface area (Å²) in [6.45, 7) is 5.35. The Morgan fingerprint density at radius 1 is 1.04 bits per heavy atom. The van der Waals surface area contributed by atoms with Crippen LogP contribution in [0.3, 0.4) is 0 Å². The Balaban J connectivity index is 1.86. The summed E-state index contributed by atoms with van der Waals surface area (Å²) >= 11 is 6.17. The fraction of sp³-hybridized carbons (Fsp3) is 0.190. The zero-order valence-electron chi connectivity index (χ0n) is 16.1. The molecule has 0 aliphatic heterocycles. The Hall–Kier alpha value is -3.12. The standard InChI is InChI=1S/C21H21ClN4O2/c1-12-9-18(19(28-4)11-17(12)22)25-21-23-13(2)10-20(26-21)24-16-7-5-15(6-8-16)14(3)27/h5-11H,1-4H3,(H2,23,24,25,26). The molecular formula is C21H21ClN4O2. The van der Waals surface area contributed by atoms with Gasteiger partial charge in [-0.15, -0.1) is 0 Å². The molecule has 0 bridgehead atoms. The van der Waals surface area contributed by atoms with Crippen molar-refractivity contribution in [1.82, 2.24) is 9.97 Å². The first-order chi connectivity index (χ1) is 13.4. The summed E-state index contributed by atoms with van der Waals surface area (Å²) in [5.41, 5.74) is 3.93. The zero-order valence-corrected chi connectivity index (χ0v) is 16.9. The molecule has 1 aromatic heterocycles. The number of nitrogens with one attached hydrogen (secondary N) is 2. The van der Waals surface area contributed by atoms with Crippen LogP contribution in [0.5, 0.6) is 5.75 Å². The Labute approximate surface area is 168 Å². The lowest BCUT2D eigenvalue weighted by atomic mass is 10.1. The van der Waals surface area contributed by atoms with Gasteiger partial charge in [-0.25, -0.2) is 4.98 Å². The van der Waals surface area contributed by atoms with E-state index < -0.39 is 0 Å². The highest BCUT2D eigenvalue weighted by Crippen LogP contribution is 2.32. The number of methoxy groups -OCH3 is 1. The molecule has 3 aromatic rings. The molecule has 3 rings (SSSR count). The van der Waals surface area contributed by atoms with Crippen molar-refractivity contribution in [1.29, 1.82) is 0 Å². The van der Waals surface area contributed by atoms with E-state index in [0.717, 1.165) is 22.6 Å². The molecule has 28 heavy (non-hydrogen) atoms. The molecule has 0 saturated carbocycles. The number of hydrogen-bond acceptors (Lipinski definition) is 6. The molecule has 0 amide bonds. The normalized spacial score (nSPS) is 10.5. The van der Waals surface area contributed by atoms with E-state index in [1.807, 2.05) is 38.1 Å². The molecule has 2 N–H and O–H groups in total. The van der Waals surface area contributed by atoms with E-state index in [-0.39, 0.29) is 5.78 Å². The number of hydrogen-bond donors (Lipinski definition) is 2. The fourth-order valence-corrected chi connectivity index (χ4v) is 2.83. The third kappa shape index (κ3) is 4.58. The van der Waals surface area contributed by atoms with Crippen LogP contribution in [0, 0.1) is 13.8 Å². The second-order valence-electron chi connectivity index (χ2n) is 6.40. The minimum Gasteiger partial charge on any atom is -0.495 e. The van der Waals surface area contributed by atoms with Crippen molar-refractivity contribution < 1.29 is 9.53 Å². The molecule has 0 fully saturated rings. The highest BCUT2D eigenvalue weighted by atomic mass is 35.5. The molecule has 0 radical (unpaired) electrons. The maximum absolute atomic E-state index is 11.4. The van der Waals surface area contributed by atoms with Crippen LogP contribution in [-0.4, -0.2) is 22.9 Å². The molecule has 0 aliphatic carbocycles. The quantitative estimate of drug-likeness (QED) is 0.540. The average Bonchev–Trinajstić information content (AvgIpc) is 2.64. The van der Waals surface area contributed by atoms with Crippen molar-refractivity contribution in [3.8, 4) is 5.75 Å². The molecule has 7 heteroatoms. The molecule has 0 spiro atoms. The van der Waals surface area contributed by atoms with Gasteiger partial charge < -0.3 is 15.4 Å². The molecule has 144 valence electrons. The molecule has 0 saturated heterocycles. The smallest absolute Gasteiger partial charge is 0.229 e. The second-order valence-corrected chi connectivity index (χ2v) is 6.81. The second kappa shape index (κ2) is 8.27. The van der Waals surface area contributed by atoms with Crippen molar-refractivity contribution in [3.63, 3.8) is 0 Å². The predicted molar refractivity (Wildman–Crippen MR) is 113 cm³/mol. The van der Waals surface area contributed by atoms with Crippen LogP contribution in [0.4, 0.5) is 23.1 Å². The maximum atomic E-state index is 11.4. The molecule has 1 heterocycles. The molecule has 6 nitrogen and oxygen atoms in total. The first-order valence-electron chi connectivity index (χ1n) is 8.70. The Morgan fingerprint density at radius 3 is 2.39 bits per heavy atom. The number of rotatable bonds is 6. The number of halogens is 1. The van der Waals surface area contributed by atoms with Gasteiger partial charge in [-0.3, -0.25) is 4.79 Å². The van der Waals surface area contributed by atoms with Crippen LogP contribution < -0.4 is 15.4 Å². The van der Waals surface area contributed by atoms with E-state index in [0.29, 0.717) is 28.1 Å². The number of ether oxygens (including phenoxy) is 1. The number of Topliss-reactive ketones (excluding diaryl/α,β-unsaturated/α-hetero) is 1. The summed E-state index contributed by atoms with van der Waals surface area (Å²) in [5.74, 6) is 1.70. The molecule has 0 unspecified atom stereocenters. The fourth-order valence-electron chi connectivity index (χ4n) is 2.67. The van der Waals surface area contributed by atoms with E-state index >= 15 is 0 Å². The summed E-state index contributed by atoms with van der Waals surface area (Å²) in [6.07, 6.45) is 0.